The summed E-state index contributed by atoms with van der Waals surface area (Å²) in [4.78, 5) is 4.43. The summed E-state index contributed by atoms with van der Waals surface area (Å²) < 4.78 is 6.01. The highest BCUT2D eigenvalue weighted by atomic mass is 16.5. The highest BCUT2D eigenvalue weighted by Crippen LogP contribution is 2.40. The Labute approximate surface area is 186 Å². The third-order valence-corrected chi connectivity index (χ3v) is 5.66. The van der Waals surface area contributed by atoms with E-state index in [1.807, 2.05) is 18.2 Å². The third-order valence-electron chi connectivity index (χ3n) is 5.66. The number of nitrogens with one attached hydrogen (secondary N) is 1. The SMILES string of the molecule is N#Cc1ccc(COc2cccc(O)c2-c2cc(C3CCCNC3)c(C#N)c(N)n2)cc1. The predicted octanol–water partition coefficient (Wildman–Crippen LogP) is 3.83. The third kappa shape index (κ3) is 4.34. The Kier molecular flexibility index (Phi) is 6.21. The second-order valence-corrected chi connectivity index (χ2v) is 7.76. The Morgan fingerprint density at radius 3 is 2.66 bits per heavy atom. The van der Waals surface area contributed by atoms with Crippen molar-refractivity contribution in [3.8, 4) is 34.9 Å². The lowest BCUT2D eigenvalue weighted by Gasteiger charge is -2.25. The van der Waals surface area contributed by atoms with Crippen LogP contribution in [-0.2, 0) is 6.61 Å². The second-order valence-electron chi connectivity index (χ2n) is 7.76. The maximum atomic E-state index is 10.7. The van der Waals surface area contributed by atoms with Crippen molar-refractivity contribution in [2.45, 2.75) is 25.4 Å². The number of aromatic nitrogens is 1. The molecule has 7 heteroatoms. The van der Waals surface area contributed by atoms with Gasteiger partial charge in [0.1, 0.15) is 30.0 Å². The first kappa shape index (κ1) is 21.2. The van der Waals surface area contributed by atoms with E-state index in [-0.39, 0.29) is 24.1 Å². The van der Waals surface area contributed by atoms with Gasteiger partial charge in [-0.25, -0.2) is 4.98 Å². The second kappa shape index (κ2) is 9.38. The lowest BCUT2D eigenvalue weighted by Crippen LogP contribution is -2.29. The molecule has 160 valence electrons. The number of nitrogen functional groups attached to an aromatic ring is 1. The fourth-order valence-corrected chi connectivity index (χ4v) is 4.01. The molecule has 1 atom stereocenters. The van der Waals surface area contributed by atoms with Crippen molar-refractivity contribution in [3.63, 3.8) is 0 Å². The summed E-state index contributed by atoms with van der Waals surface area (Å²) in [6.07, 6.45) is 1.97. The average Bonchev–Trinajstić information content (AvgIpc) is 2.83. The van der Waals surface area contributed by atoms with E-state index in [1.54, 1.807) is 30.3 Å². The topological polar surface area (TPSA) is 128 Å². The summed E-state index contributed by atoms with van der Waals surface area (Å²) >= 11 is 0. The zero-order valence-electron chi connectivity index (χ0n) is 17.5. The minimum Gasteiger partial charge on any atom is -0.507 e. The van der Waals surface area contributed by atoms with Gasteiger partial charge in [-0.05, 0) is 66.8 Å². The zero-order valence-corrected chi connectivity index (χ0v) is 17.5. The molecule has 1 aliphatic heterocycles. The van der Waals surface area contributed by atoms with E-state index in [4.69, 9.17) is 15.7 Å². The summed E-state index contributed by atoms with van der Waals surface area (Å²) in [5, 5.41) is 32.6. The highest BCUT2D eigenvalue weighted by Gasteiger charge is 2.23. The van der Waals surface area contributed by atoms with Crippen LogP contribution in [0.2, 0.25) is 0 Å². The first-order valence-corrected chi connectivity index (χ1v) is 10.5. The number of phenolic OH excluding ortho intramolecular Hbond substituents is 1. The minimum atomic E-state index is 0.0201. The maximum Gasteiger partial charge on any atom is 0.142 e. The number of benzene rings is 2. The van der Waals surface area contributed by atoms with Crippen LogP contribution in [0.1, 0.15) is 41.0 Å². The number of phenols is 1. The number of nitrogens with zero attached hydrogens (tertiary/aromatic N) is 3. The monoisotopic (exact) mass is 425 g/mol. The van der Waals surface area contributed by atoms with Gasteiger partial charge in [-0.2, -0.15) is 10.5 Å². The summed E-state index contributed by atoms with van der Waals surface area (Å²) in [5.41, 5.74) is 9.76. The molecule has 1 unspecified atom stereocenters. The number of anilines is 1. The molecule has 1 aliphatic rings. The van der Waals surface area contributed by atoms with E-state index < -0.39 is 0 Å². The molecule has 0 aliphatic carbocycles. The molecule has 4 N–H and O–H groups in total. The van der Waals surface area contributed by atoms with Gasteiger partial charge in [-0.1, -0.05) is 18.2 Å². The fraction of sp³-hybridized carbons (Fsp3) is 0.240. The van der Waals surface area contributed by atoms with Gasteiger partial charge in [0.15, 0.2) is 0 Å². The van der Waals surface area contributed by atoms with Crippen LogP contribution in [0.15, 0.2) is 48.5 Å². The number of pyridine rings is 1. The van der Waals surface area contributed by atoms with Crippen LogP contribution in [-0.4, -0.2) is 23.2 Å². The first-order chi connectivity index (χ1) is 15.6. The number of rotatable bonds is 5. The molecular formula is C25H23N5O2. The Morgan fingerprint density at radius 2 is 1.97 bits per heavy atom. The Hall–Kier alpha value is -4.07. The Bertz CT molecular complexity index is 1200. The molecule has 1 aromatic heterocycles. The van der Waals surface area contributed by atoms with Gasteiger partial charge < -0.3 is 20.9 Å². The van der Waals surface area contributed by atoms with E-state index in [1.165, 1.54) is 0 Å². The number of ether oxygens (including phenoxy) is 1. The van der Waals surface area contributed by atoms with E-state index in [9.17, 15) is 10.4 Å². The zero-order chi connectivity index (χ0) is 22.5. The molecule has 0 amide bonds. The van der Waals surface area contributed by atoms with Crippen molar-refractivity contribution in [1.82, 2.24) is 10.3 Å². The molecule has 0 spiro atoms. The van der Waals surface area contributed by atoms with Gasteiger partial charge in [0, 0.05) is 6.54 Å². The summed E-state index contributed by atoms with van der Waals surface area (Å²) in [6, 6.07) is 18.3. The average molecular weight is 425 g/mol. The quantitative estimate of drug-likeness (QED) is 0.567. The summed E-state index contributed by atoms with van der Waals surface area (Å²) in [7, 11) is 0. The molecule has 7 nitrogen and oxygen atoms in total. The molecule has 2 aromatic carbocycles. The molecule has 32 heavy (non-hydrogen) atoms. The van der Waals surface area contributed by atoms with Gasteiger partial charge in [0.25, 0.3) is 0 Å². The van der Waals surface area contributed by atoms with Crippen LogP contribution in [0.25, 0.3) is 11.3 Å². The maximum absolute atomic E-state index is 10.7. The van der Waals surface area contributed by atoms with Crippen molar-refractivity contribution in [2.75, 3.05) is 18.8 Å². The molecule has 0 radical (unpaired) electrons. The fourth-order valence-electron chi connectivity index (χ4n) is 4.01. The van der Waals surface area contributed by atoms with Crippen molar-refractivity contribution >= 4 is 5.82 Å². The van der Waals surface area contributed by atoms with Crippen molar-refractivity contribution in [1.29, 1.82) is 10.5 Å². The van der Waals surface area contributed by atoms with Crippen molar-refractivity contribution in [2.24, 2.45) is 0 Å². The Balaban J connectivity index is 1.71. The molecule has 2 heterocycles. The van der Waals surface area contributed by atoms with Crippen LogP contribution in [0.5, 0.6) is 11.5 Å². The molecule has 1 saturated heterocycles. The highest BCUT2D eigenvalue weighted by molar-refractivity contribution is 5.76. The van der Waals surface area contributed by atoms with Crippen molar-refractivity contribution in [3.05, 3.63) is 70.8 Å². The van der Waals surface area contributed by atoms with Gasteiger partial charge in [0.2, 0.25) is 0 Å². The van der Waals surface area contributed by atoms with Crippen LogP contribution in [0.4, 0.5) is 5.82 Å². The van der Waals surface area contributed by atoms with Crippen LogP contribution in [0, 0.1) is 22.7 Å². The summed E-state index contributed by atoms with van der Waals surface area (Å²) in [5.74, 6) is 0.772. The standard InChI is InChI=1S/C25H23N5O2/c26-12-16-6-8-17(9-7-16)15-32-23-5-1-4-22(31)24(23)21-11-19(18-3-2-10-29-14-18)20(13-27)25(28)30-21/h1,4-9,11,18,29,31H,2-3,10,14-15H2,(H2,28,30). The number of hydrogen-bond acceptors (Lipinski definition) is 7. The number of piperidine rings is 1. The van der Waals surface area contributed by atoms with Gasteiger partial charge >= 0.3 is 0 Å². The number of nitriles is 2. The van der Waals surface area contributed by atoms with Crippen molar-refractivity contribution < 1.29 is 9.84 Å². The molecule has 4 rings (SSSR count). The molecule has 1 fully saturated rings. The van der Waals surface area contributed by atoms with E-state index >= 15 is 0 Å². The van der Waals surface area contributed by atoms with Crippen LogP contribution < -0.4 is 15.8 Å². The lowest BCUT2D eigenvalue weighted by atomic mass is 9.88. The van der Waals surface area contributed by atoms with Crippen LogP contribution >= 0.6 is 0 Å². The lowest BCUT2D eigenvalue weighted by molar-refractivity contribution is 0.306. The van der Waals surface area contributed by atoms with E-state index in [0.29, 0.717) is 28.1 Å². The predicted molar refractivity (Wildman–Crippen MR) is 121 cm³/mol. The first-order valence-electron chi connectivity index (χ1n) is 10.5. The summed E-state index contributed by atoms with van der Waals surface area (Å²) in [6.45, 7) is 1.98. The van der Waals surface area contributed by atoms with E-state index in [0.717, 1.165) is 37.1 Å². The normalized spacial score (nSPS) is 15.5. The van der Waals surface area contributed by atoms with Crippen LogP contribution in [0.3, 0.4) is 0 Å². The molecular weight excluding hydrogens is 402 g/mol. The largest absolute Gasteiger partial charge is 0.507 e. The van der Waals surface area contributed by atoms with E-state index in [2.05, 4.69) is 22.4 Å². The molecule has 3 aromatic rings. The molecule has 0 bridgehead atoms. The smallest absolute Gasteiger partial charge is 0.142 e. The number of hydrogen-bond donors (Lipinski definition) is 3. The Morgan fingerprint density at radius 1 is 1.16 bits per heavy atom. The van der Waals surface area contributed by atoms with Gasteiger partial charge in [-0.15, -0.1) is 0 Å². The van der Waals surface area contributed by atoms with Gasteiger partial charge in [-0.3, -0.25) is 0 Å². The number of nitrogens with two attached hydrogens (primary N) is 1. The molecule has 0 saturated carbocycles. The minimum absolute atomic E-state index is 0.0201. The number of aromatic hydroxyl groups is 1. The van der Waals surface area contributed by atoms with Gasteiger partial charge in [0.05, 0.1) is 28.5 Å².